The highest BCUT2D eigenvalue weighted by Gasteiger charge is 2.31. The molecule has 7 heteroatoms. The number of aromatic hydroxyl groups is 1. The number of phenolic OH excluding ortho intramolecular Hbond substituents is 1. The zero-order chi connectivity index (χ0) is 16.9. The van der Waals surface area contributed by atoms with Crippen molar-refractivity contribution < 1.29 is 14.6 Å². The maximum atomic E-state index is 12.2. The Labute approximate surface area is 143 Å². The molecule has 0 radical (unpaired) electrons. The van der Waals surface area contributed by atoms with Gasteiger partial charge in [0.05, 0.1) is 24.8 Å². The quantitative estimate of drug-likeness (QED) is 0.685. The summed E-state index contributed by atoms with van der Waals surface area (Å²) in [6.45, 7) is 0. The number of methoxy groups -OCH3 is 1. The summed E-state index contributed by atoms with van der Waals surface area (Å²) >= 11 is 1.31. The van der Waals surface area contributed by atoms with Crippen molar-refractivity contribution >= 4 is 34.7 Å². The molecule has 1 saturated heterocycles. The van der Waals surface area contributed by atoms with Crippen LogP contribution in [0.3, 0.4) is 0 Å². The number of para-hydroxylation sites is 3. The fourth-order valence-corrected chi connectivity index (χ4v) is 3.04. The number of rotatable bonds is 4. The Morgan fingerprint density at radius 3 is 2.75 bits per heavy atom. The largest absolute Gasteiger partial charge is 0.507 e. The van der Waals surface area contributed by atoms with E-state index in [0.717, 1.165) is 0 Å². The van der Waals surface area contributed by atoms with Crippen LogP contribution < -0.4 is 9.64 Å². The number of phenols is 1. The number of amides is 1. The minimum Gasteiger partial charge on any atom is -0.507 e. The van der Waals surface area contributed by atoms with Crippen LogP contribution in [0.25, 0.3) is 0 Å². The van der Waals surface area contributed by atoms with Gasteiger partial charge in [-0.15, -0.1) is 5.10 Å². The van der Waals surface area contributed by atoms with Gasteiger partial charge in [0.1, 0.15) is 11.5 Å². The molecule has 3 rings (SSSR count). The van der Waals surface area contributed by atoms with Crippen molar-refractivity contribution in [3.05, 3.63) is 54.1 Å². The van der Waals surface area contributed by atoms with Crippen molar-refractivity contribution in [1.82, 2.24) is 0 Å². The van der Waals surface area contributed by atoms with Gasteiger partial charge < -0.3 is 9.84 Å². The molecule has 0 aromatic heterocycles. The highest BCUT2D eigenvalue weighted by atomic mass is 32.2. The number of thioether (sulfide) groups is 1. The number of hydrogen-bond donors (Lipinski definition) is 1. The van der Waals surface area contributed by atoms with Gasteiger partial charge in [0.25, 0.3) is 0 Å². The second kappa shape index (κ2) is 7.18. The van der Waals surface area contributed by atoms with Gasteiger partial charge in [-0.3, -0.25) is 9.69 Å². The molecule has 122 valence electrons. The molecule has 0 bridgehead atoms. The van der Waals surface area contributed by atoms with Crippen LogP contribution in [0, 0.1) is 0 Å². The van der Waals surface area contributed by atoms with Gasteiger partial charge in [0.2, 0.25) is 5.91 Å². The summed E-state index contributed by atoms with van der Waals surface area (Å²) in [5.74, 6) is 0.924. The molecule has 24 heavy (non-hydrogen) atoms. The molecule has 0 saturated carbocycles. The topological polar surface area (TPSA) is 74.5 Å². The Bertz CT molecular complexity index is 820. The van der Waals surface area contributed by atoms with Crippen LogP contribution in [0.5, 0.6) is 11.5 Å². The van der Waals surface area contributed by atoms with E-state index in [1.807, 2.05) is 12.1 Å². The molecule has 2 aromatic rings. The first-order valence-corrected chi connectivity index (χ1v) is 8.17. The predicted molar refractivity (Wildman–Crippen MR) is 96.1 cm³/mol. The molecule has 0 spiro atoms. The fraction of sp³-hybridized carbons (Fsp3) is 0.118. The van der Waals surface area contributed by atoms with E-state index in [1.165, 1.54) is 22.9 Å². The Balaban J connectivity index is 1.89. The molecule has 1 aliphatic heterocycles. The summed E-state index contributed by atoms with van der Waals surface area (Å²) in [5.41, 5.74) is 1.19. The smallest absolute Gasteiger partial charge is 0.243 e. The van der Waals surface area contributed by atoms with Crippen molar-refractivity contribution in [2.75, 3.05) is 17.8 Å². The van der Waals surface area contributed by atoms with Gasteiger partial charge in [-0.25, -0.2) is 0 Å². The monoisotopic (exact) mass is 341 g/mol. The molecule has 6 nitrogen and oxygen atoms in total. The van der Waals surface area contributed by atoms with Crippen LogP contribution >= 0.6 is 11.8 Å². The second-order valence-electron chi connectivity index (χ2n) is 4.88. The van der Waals surface area contributed by atoms with Crippen LogP contribution in [0.1, 0.15) is 5.56 Å². The van der Waals surface area contributed by atoms with Crippen LogP contribution in [-0.2, 0) is 4.79 Å². The molecule has 0 atom stereocenters. The minimum atomic E-state index is -0.0824. The maximum absolute atomic E-state index is 12.2. The molecular weight excluding hydrogens is 326 g/mol. The number of carbonyl (C=O) groups excluding carboxylic acids is 1. The van der Waals surface area contributed by atoms with Crippen LogP contribution in [-0.4, -0.2) is 35.3 Å². The number of ether oxygens (including phenoxy) is 1. The lowest BCUT2D eigenvalue weighted by Crippen LogP contribution is -2.29. The normalized spacial score (nSPS) is 16.3. The van der Waals surface area contributed by atoms with Gasteiger partial charge in [0.15, 0.2) is 5.17 Å². The number of hydrogen-bond acceptors (Lipinski definition) is 6. The molecule has 0 unspecified atom stereocenters. The van der Waals surface area contributed by atoms with Crippen molar-refractivity contribution in [2.24, 2.45) is 10.2 Å². The Morgan fingerprint density at radius 1 is 1.21 bits per heavy atom. The number of nitrogens with zero attached hydrogens (tertiary/aromatic N) is 3. The summed E-state index contributed by atoms with van der Waals surface area (Å²) in [6, 6.07) is 14.1. The summed E-state index contributed by atoms with van der Waals surface area (Å²) < 4.78 is 5.31. The number of amidine groups is 1. The molecule has 1 aliphatic rings. The molecular formula is C17H15N3O3S. The molecule has 1 heterocycles. The Hall–Kier alpha value is -2.80. The lowest BCUT2D eigenvalue weighted by atomic mass is 10.2. The molecule has 2 aromatic carbocycles. The van der Waals surface area contributed by atoms with Gasteiger partial charge >= 0.3 is 0 Å². The third-order valence-electron chi connectivity index (χ3n) is 3.37. The van der Waals surface area contributed by atoms with Gasteiger partial charge in [-0.2, -0.15) is 5.10 Å². The number of benzene rings is 2. The van der Waals surface area contributed by atoms with Crippen LogP contribution in [0.2, 0.25) is 0 Å². The predicted octanol–water partition coefficient (Wildman–Crippen LogP) is 2.87. The molecule has 0 aliphatic carbocycles. The third-order valence-corrected chi connectivity index (χ3v) is 4.28. The lowest BCUT2D eigenvalue weighted by Gasteiger charge is -2.17. The molecule has 1 amide bonds. The van der Waals surface area contributed by atoms with Crippen molar-refractivity contribution in [1.29, 1.82) is 0 Å². The summed E-state index contributed by atoms with van der Waals surface area (Å²) in [7, 11) is 1.56. The van der Waals surface area contributed by atoms with E-state index in [0.29, 0.717) is 27.9 Å². The molecule has 1 N–H and O–H groups in total. The first-order chi connectivity index (χ1) is 11.7. The molecule has 1 fully saturated rings. The third kappa shape index (κ3) is 3.26. The van der Waals surface area contributed by atoms with E-state index in [2.05, 4.69) is 10.2 Å². The van der Waals surface area contributed by atoms with Crippen molar-refractivity contribution in [2.45, 2.75) is 0 Å². The Morgan fingerprint density at radius 2 is 1.96 bits per heavy atom. The summed E-state index contributed by atoms with van der Waals surface area (Å²) in [6.07, 6.45) is 1.45. The highest BCUT2D eigenvalue weighted by Crippen LogP contribution is 2.33. The van der Waals surface area contributed by atoms with E-state index >= 15 is 0 Å². The van der Waals surface area contributed by atoms with Gasteiger partial charge in [-0.05, 0) is 24.3 Å². The van der Waals surface area contributed by atoms with Crippen molar-refractivity contribution in [3.63, 3.8) is 0 Å². The fourth-order valence-electron chi connectivity index (χ4n) is 2.22. The first-order valence-electron chi connectivity index (χ1n) is 7.18. The zero-order valence-corrected chi connectivity index (χ0v) is 13.7. The average molecular weight is 341 g/mol. The average Bonchev–Trinajstić information content (AvgIpc) is 2.97. The Kier molecular flexibility index (Phi) is 4.81. The van der Waals surface area contributed by atoms with E-state index in [9.17, 15) is 9.90 Å². The van der Waals surface area contributed by atoms with Crippen LogP contribution in [0.4, 0.5) is 5.69 Å². The SMILES string of the molecule is COc1ccccc1N1C(=O)CS/C1=N\N=C\c1ccccc1O. The maximum Gasteiger partial charge on any atom is 0.243 e. The lowest BCUT2D eigenvalue weighted by molar-refractivity contribution is -0.115. The standard InChI is InChI=1S/C17H15N3O3S/c1-23-15-9-5-3-7-13(15)20-16(22)11-24-17(20)19-18-10-12-6-2-4-8-14(12)21/h2-10,21H,11H2,1H3/b18-10+,19-17-. The number of anilines is 1. The second-order valence-corrected chi connectivity index (χ2v) is 5.82. The van der Waals surface area contributed by atoms with E-state index in [-0.39, 0.29) is 11.7 Å². The van der Waals surface area contributed by atoms with E-state index in [4.69, 9.17) is 4.74 Å². The minimum absolute atomic E-state index is 0.0824. The van der Waals surface area contributed by atoms with Gasteiger partial charge in [-0.1, -0.05) is 36.0 Å². The van der Waals surface area contributed by atoms with Gasteiger partial charge in [0, 0.05) is 5.56 Å². The first kappa shape index (κ1) is 16.1. The van der Waals surface area contributed by atoms with E-state index in [1.54, 1.807) is 43.5 Å². The zero-order valence-electron chi connectivity index (χ0n) is 12.9. The number of carbonyl (C=O) groups is 1. The van der Waals surface area contributed by atoms with Crippen molar-refractivity contribution in [3.8, 4) is 11.5 Å². The van der Waals surface area contributed by atoms with E-state index < -0.39 is 0 Å². The summed E-state index contributed by atoms with van der Waals surface area (Å²) in [4.78, 5) is 13.7. The summed E-state index contributed by atoms with van der Waals surface area (Å²) in [5, 5.41) is 18.3. The highest BCUT2D eigenvalue weighted by molar-refractivity contribution is 8.15. The van der Waals surface area contributed by atoms with Crippen LogP contribution in [0.15, 0.2) is 58.7 Å².